The second-order valence-electron chi connectivity index (χ2n) is 5.58. The minimum atomic E-state index is 0.101. The first-order valence-electron chi connectivity index (χ1n) is 8.02. The van der Waals surface area contributed by atoms with E-state index in [1.807, 2.05) is 6.20 Å². The fraction of sp³-hybridized carbons (Fsp3) is 0.812. The van der Waals surface area contributed by atoms with Gasteiger partial charge in [-0.1, -0.05) is 27.7 Å². The Morgan fingerprint density at radius 2 is 1.95 bits per heavy atom. The average Bonchev–Trinajstić information content (AvgIpc) is 2.89. The van der Waals surface area contributed by atoms with E-state index in [9.17, 15) is 0 Å². The molecule has 1 N–H and O–H groups in total. The lowest BCUT2D eigenvalue weighted by Gasteiger charge is -2.45. The van der Waals surface area contributed by atoms with Crippen LogP contribution >= 0.6 is 0 Å². The highest BCUT2D eigenvalue weighted by molar-refractivity contribution is 5.14. The summed E-state index contributed by atoms with van der Waals surface area (Å²) in [5.74, 6) is 0. The average molecular weight is 280 g/mol. The maximum Gasteiger partial charge on any atom is 0.0673 e. The molecule has 0 aliphatic heterocycles. The van der Waals surface area contributed by atoms with Gasteiger partial charge in [0.2, 0.25) is 0 Å². The molecule has 4 heteroatoms. The monoisotopic (exact) mass is 280 g/mol. The van der Waals surface area contributed by atoms with Crippen molar-refractivity contribution in [1.82, 2.24) is 20.0 Å². The van der Waals surface area contributed by atoms with Gasteiger partial charge in [-0.25, -0.2) is 0 Å². The third kappa shape index (κ3) is 3.23. The Hall–Kier alpha value is -0.870. The molecule has 0 fully saturated rings. The van der Waals surface area contributed by atoms with Gasteiger partial charge in [0, 0.05) is 18.3 Å². The zero-order valence-corrected chi connectivity index (χ0v) is 14.1. The van der Waals surface area contributed by atoms with Crippen LogP contribution in [0.1, 0.15) is 59.2 Å². The minimum absolute atomic E-state index is 0.101. The highest BCUT2D eigenvalue weighted by Crippen LogP contribution is 2.33. The molecule has 1 aromatic heterocycles. The molecule has 2 unspecified atom stereocenters. The summed E-state index contributed by atoms with van der Waals surface area (Å²) >= 11 is 0. The summed E-state index contributed by atoms with van der Waals surface area (Å²) in [5, 5.41) is 8.03. The smallest absolute Gasteiger partial charge is 0.0673 e. The highest BCUT2D eigenvalue weighted by atomic mass is 15.3. The molecule has 0 amide bonds. The molecule has 2 atom stereocenters. The number of rotatable bonds is 9. The lowest BCUT2D eigenvalue weighted by molar-refractivity contribution is 0.0693. The van der Waals surface area contributed by atoms with Crippen LogP contribution in [0.4, 0.5) is 0 Å². The Balaban J connectivity index is 3.17. The molecular formula is C16H32N4. The van der Waals surface area contributed by atoms with E-state index in [0.29, 0.717) is 6.04 Å². The number of hydrogen-bond donors (Lipinski definition) is 1. The van der Waals surface area contributed by atoms with E-state index in [1.165, 1.54) is 5.69 Å². The van der Waals surface area contributed by atoms with E-state index in [2.05, 4.69) is 67.7 Å². The van der Waals surface area contributed by atoms with E-state index in [0.717, 1.165) is 32.5 Å². The molecule has 0 saturated heterocycles. The second kappa shape index (κ2) is 7.79. The van der Waals surface area contributed by atoms with Gasteiger partial charge in [0.15, 0.2) is 0 Å². The first kappa shape index (κ1) is 17.2. The molecule has 0 aromatic carbocycles. The summed E-state index contributed by atoms with van der Waals surface area (Å²) in [6.07, 6.45) is 4.14. The number of nitrogens with one attached hydrogen (secondary N) is 1. The third-order valence-corrected chi connectivity index (χ3v) is 4.59. The SMILES string of the molecule is CCCn1nccc1C(NC)C(C)(CC)N(CC)CC. The molecule has 1 aromatic rings. The Morgan fingerprint density at radius 3 is 2.40 bits per heavy atom. The van der Waals surface area contributed by atoms with E-state index >= 15 is 0 Å². The Labute approximate surface area is 124 Å². The minimum Gasteiger partial charge on any atom is -0.310 e. The van der Waals surface area contributed by atoms with Crippen LogP contribution in [-0.2, 0) is 6.54 Å². The molecule has 0 saturated carbocycles. The van der Waals surface area contributed by atoms with Gasteiger partial charge < -0.3 is 5.32 Å². The third-order valence-electron chi connectivity index (χ3n) is 4.59. The predicted molar refractivity (Wildman–Crippen MR) is 85.9 cm³/mol. The first-order valence-corrected chi connectivity index (χ1v) is 8.02. The van der Waals surface area contributed by atoms with Crippen molar-refractivity contribution in [2.45, 2.75) is 65.6 Å². The van der Waals surface area contributed by atoms with Crippen molar-refractivity contribution in [3.63, 3.8) is 0 Å². The molecule has 20 heavy (non-hydrogen) atoms. The molecule has 0 bridgehead atoms. The quantitative estimate of drug-likeness (QED) is 0.754. The second-order valence-corrected chi connectivity index (χ2v) is 5.58. The molecule has 0 aliphatic rings. The standard InChI is InChI=1S/C16H32N4/c1-7-13-20-14(11-12-18-20)15(17-6)16(5,8-2)19(9-3)10-4/h11-12,15,17H,7-10,13H2,1-6H3. The molecule has 4 nitrogen and oxygen atoms in total. The normalized spacial score (nSPS) is 16.4. The predicted octanol–water partition coefficient (Wildman–Crippen LogP) is 3.06. The zero-order valence-electron chi connectivity index (χ0n) is 14.1. The van der Waals surface area contributed by atoms with Crippen molar-refractivity contribution < 1.29 is 0 Å². The van der Waals surface area contributed by atoms with Crippen molar-refractivity contribution in [1.29, 1.82) is 0 Å². The molecular weight excluding hydrogens is 248 g/mol. The molecule has 1 rings (SSSR count). The number of aryl methyl sites for hydroxylation is 1. The fourth-order valence-electron chi connectivity index (χ4n) is 3.32. The van der Waals surface area contributed by atoms with E-state index in [1.54, 1.807) is 0 Å². The van der Waals surface area contributed by atoms with Crippen LogP contribution in [0.25, 0.3) is 0 Å². The molecule has 116 valence electrons. The molecule has 0 radical (unpaired) electrons. The Bertz CT molecular complexity index is 384. The number of likely N-dealkylation sites (N-methyl/N-ethyl adjacent to an activating group) is 2. The van der Waals surface area contributed by atoms with Crippen molar-refractivity contribution in [2.24, 2.45) is 0 Å². The van der Waals surface area contributed by atoms with Crippen LogP contribution in [0, 0.1) is 0 Å². The van der Waals surface area contributed by atoms with Crippen LogP contribution in [0.5, 0.6) is 0 Å². The van der Waals surface area contributed by atoms with Crippen molar-refractivity contribution in [2.75, 3.05) is 20.1 Å². The van der Waals surface area contributed by atoms with Crippen molar-refractivity contribution in [3.8, 4) is 0 Å². The van der Waals surface area contributed by atoms with Crippen LogP contribution < -0.4 is 5.32 Å². The van der Waals surface area contributed by atoms with Crippen molar-refractivity contribution in [3.05, 3.63) is 18.0 Å². The van der Waals surface area contributed by atoms with Gasteiger partial charge >= 0.3 is 0 Å². The largest absolute Gasteiger partial charge is 0.310 e. The summed E-state index contributed by atoms with van der Waals surface area (Å²) < 4.78 is 2.15. The van der Waals surface area contributed by atoms with Gasteiger partial charge in [0.25, 0.3) is 0 Å². The van der Waals surface area contributed by atoms with Crippen LogP contribution in [0.3, 0.4) is 0 Å². The van der Waals surface area contributed by atoms with Crippen molar-refractivity contribution >= 4 is 0 Å². The number of aromatic nitrogens is 2. The zero-order chi connectivity index (χ0) is 15.2. The Kier molecular flexibility index (Phi) is 6.69. The van der Waals surface area contributed by atoms with Gasteiger partial charge in [0.05, 0.1) is 11.7 Å². The van der Waals surface area contributed by atoms with Gasteiger partial charge in [-0.05, 0) is 46.0 Å². The van der Waals surface area contributed by atoms with Crippen LogP contribution in [0.15, 0.2) is 12.3 Å². The van der Waals surface area contributed by atoms with Gasteiger partial charge in [-0.3, -0.25) is 9.58 Å². The van der Waals surface area contributed by atoms with Gasteiger partial charge in [0.1, 0.15) is 0 Å². The summed E-state index contributed by atoms with van der Waals surface area (Å²) in [6.45, 7) is 14.5. The Morgan fingerprint density at radius 1 is 1.30 bits per heavy atom. The maximum absolute atomic E-state index is 4.49. The highest BCUT2D eigenvalue weighted by Gasteiger charge is 2.38. The molecule has 1 heterocycles. The molecule has 0 spiro atoms. The van der Waals surface area contributed by atoms with Gasteiger partial charge in [-0.15, -0.1) is 0 Å². The van der Waals surface area contributed by atoms with E-state index < -0.39 is 0 Å². The maximum atomic E-state index is 4.49. The summed E-state index contributed by atoms with van der Waals surface area (Å²) in [5.41, 5.74) is 1.40. The number of nitrogens with zero attached hydrogens (tertiary/aromatic N) is 3. The van der Waals surface area contributed by atoms with Crippen LogP contribution in [-0.4, -0.2) is 40.4 Å². The van der Waals surface area contributed by atoms with Crippen LogP contribution in [0.2, 0.25) is 0 Å². The lowest BCUT2D eigenvalue weighted by Crippen LogP contribution is -2.54. The first-order chi connectivity index (χ1) is 9.58. The summed E-state index contributed by atoms with van der Waals surface area (Å²) in [7, 11) is 2.06. The molecule has 0 aliphatic carbocycles. The number of hydrogen-bond acceptors (Lipinski definition) is 3. The summed E-state index contributed by atoms with van der Waals surface area (Å²) in [6, 6.07) is 2.45. The topological polar surface area (TPSA) is 33.1 Å². The fourth-order valence-corrected chi connectivity index (χ4v) is 3.32. The van der Waals surface area contributed by atoms with E-state index in [-0.39, 0.29) is 5.54 Å². The van der Waals surface area contributed by atoms with Gasteiger partial charge in [-0.2, -0.15) is 5.10 Å². The lowest BCUT2D eigenvalue weighted by atomic mass is 9.85. The van der Waals surface area contributed by atoms with E-state index in [4.69, 9.17) is 0 Å². The summed E-state index contributed by atoms with van der Waals surface area (Å²) in [4.78, 5) is 2.55.